The number of carbonyl (C=O) groups excluding carboxylic acids is 1. The van der Waals surface area contributed by atoms with Gasteiger partial charge >= 0.3 is 0 Å². The molecule has 0 saturated heterocycles. The average molecular weight is 567 g/mol. The third-order valence-corrected chi connectivity index (χ3v) is 7.78. The van der Waals surface area contributed by atoms with Crippen LogP contribution in [-0.2, 0) is 14.8 Å². The van der Waals surface area contributed by atoms with Crippen LogP contribution < -0.4 is 23.8 Å². The number of sulfonamides is 1. The number of para-hydroxylation sites is 2. The molecule has 0 radical (unpaired) electrons. The summed E-state index contributed by atoms with van der Waals surface area (Å²) in [6, 6.07) is 24.6. The molecule has 0 heterocycles. The van der Waals surface area contributed by atoms with Gasteiger partial charge in [-0.05, 0) is 73.7 Å². The molecule has 0 aliphatic carbocycles. The summed E-state index contributed by atoms with van der Waals surface area (Å²) >= 11 is 6.21. The summed E-state index contributed by atoms with van der Waals surface area (Å²) < 4.78 is 44.9. The highest BCUT2D eigenvalue weighted by atomic mass is 35.5. The van der Waals surface area contributed by atoms with Crippen LogP contribution in [0.2, 0.25) is 5.02 Å². The highest BCUT2D eigenvalue weighted by molar-refractivity contribution is 7.92. The van der Waals surface area contributed by atoms with E-state index in [9.17, 15) is 13.2 Å². The van der Waals surface area contributed by atoms with Gasteiger partial charge in [0.1, 0.15) is 12.3 Å². The number of benzene rings is 4. The van der Waals surface area contributed by atoms with Crippen molar-refractivity contribution in [1.82, 2.24) is 0 Å². The molecule has 0 aliphatic rings. The average Bonchev–Trinajstić information content (AvgIpc) is 2.94. The number of methoxy groups -OCH3 is 2. The summed E-state index contributed by atoms with van der Waals surface area (Å²) in [6.07, 6.45) is 0. The van der Waals surface area contributed by atoms with Crippen molar-refractivity contribution in [3.63, 3.8) is 0 Å². The Morgan fingerprint density at radius 3 is 2.15 bits per heavy atom. The summed E-state index contributed by atoms with van der Waals surface area (Å²) in [4.78, 5) is 13.3. The molecule has 4 aromatic carbocycles. The molecule has 0 saturated carbocycles. The molecule has 4 aromatic rings. The molecule has 1 amide bonds. The number of amides is 1. The van der Waals surface area contributed by atoms with E-state index in [4.69, 9.17) is 25.8 Å². The van der Waals surface area contributed by atoms with Crippen LogP contribution in [0.3, 0.4) is 0 Å². The van der Waals surface area contributed by atoms with Crippen LogP contribution in [0.15, 0.2) is 95.9 Å². The first-order valence-electron chi connectivity index (χ1n) is 11.8. The first-order chi connectivity index (χ1) is 18.7. The number of carbonyl (C=O) groups is 1. The van der Waals surface area contributed by atoms with E-state index in [-0.39, 0.29) is 10.6 Å². The minimum absolute atomic E-state index is 0.0135. The van der Waals surface area contributed by atoms with Crippen LogP contribution in [0.25, 0.3) is 0 Å². The SMILES string of the molecule is COc1ccc(S(=O)(=O)N(CC(=O)Nc2cc(Cl)ccc2Oc2ccccc2OC)c2ccc(C)cc2)cc1. The number of anilines is 2. The van der Waals surface area contributed by atoms with Crippen molar-refractivity contribution in [2.45, 2.75) is 11.8 Å². The van der Waals surface area contributed by atoms with E-state index < -0.39 is 22.5 Å². The molecule has 4 rings (SSSR count). The zero-order valence-electron chi connectivity index (χ0n) is 21.6. The number of rotatable bonds is 10. The number of nitrogens with zero attached hydrogens (tertiary/aromatic N) is 1. The van der Waals surface area contributed by atoms with Gasteiger partial charge in [-0.15, -0.1) is 0 Å². The molecule has 0 aliphatic heterocycles. The van der Waals surface area contributed by atoms with Gasteiger partial charge in [-0.1, -0.05) is 41.4 Å². The lowest BCUT2D eigenvalue weighted by Crippen LogP contribution is -2.38. The minimum Gasteiger partial charge on any atom is -0.497 e. The molecule has 0 unspecified atom stereocenters. The first-order valence-corrected chi connectivity index (χ1v) is 13.7. The normalized spacial score (nSPS) is 11.0. The molecule has 39 heavy (non-hydrogen) atoms. The largest absolute Gasteiger partial charge is 0.497 e. The number of nitrogens with one attached hydrogen (secondary N) is 1. The Morgan fingerprint density at radius 1 is 0.846 bits per heavy atom. The third-order valence-electron chi connectivity index (χ3n) is 5.76. The Kier molecular flexibility index (Phi) is 8.63. The Labute approximate surface area is 232 Å². The zero-order valence-corrected chi connectivity index (χ0v) is 23.1. The maximum Gasteiger partial charge on any atom is 0.264 e. The van der Waals surface area contributed by atoms with E-state index in [0.717, 1.165) is 9.87 Å². The van der Waals surface area contributed by atoms with Crippen molar-refractivity contribution < 1.29 is 27.4 Å². The lowest BCUT2D eigenvalue weighted by Gasteiger charge is -2.24. The molecule has 0 atom stereocenters. The van der Waals surface area contributed by atoms with Gasteiger partial charge in [0.05, 0.1) is 30.5 Å². The second kappa shape index (κ2) is 12.1. The van der Waals surface area contributed by atoms with Crippen LogP contribution >= 0.6 is 11.6 Å². The molecule has 0 aromatic heterocycles. The summed E-state index contributed by atoms with van der Waals surface area (Å²) in [5, 5.41) is 3.11. The lowest BCUT2D eigenvalue weighted by molar-refractivity contribution is -0.114. The molecule has 0 bridgehead atoms. The number of hydrogen-bond donors (Lipinski definition) is 1. The van der Waals surface area contributed by atoms with Crippen molar-refractivity contribution in [2.24, 2.45) is 0 Å². The first kappa shape index (κ1) is 27.8. The molecule has 202 valence electrons. The number of aryl methyl sites for hydroxylation is 1. The van der Waals surface area contributed by atoms with Gasteiger partial charge in [-0.3, -0.25) is 9.10 Å². The van der Waals surface area contributed by atoms with Crippen LogP contribution in [0.5, 0.6) is 23.0 Å². The fourth-order valence-electron chi connectivity index (χ4n) is 3.73. The Hall–Kier alpha value is -4.21. The van der Waals surface area contributed by atoms with Gasteiger partial charge in [0.25, 0.3) is 10.0 Å². The highest BCUT2D eigenvalue weighted by Crippen LogP contribution is 2.36. The predicted octanol–water partition coefficient (Wildman–Crippen LogP) is 6.29. The van der Waals surface area contributed by atoms with E-state index in [0.29, 0.717) is 33.7 Å². The van der Waals surface area contributed by atoms with E-state index >= 15 is 0 Å². The van der Waals surface area contributed by atoms with Gasteiger partial charge in [-0.2, -0.15) is 0 Å². The second-order valence-corrected chi connectivity index (χ2v) is 10.8. The van der Waals surface area contributed by atoms with Crippen molar-refractivity contribution >= 4 is 38.9 Å². The predicted molar refractivity (Wildman–Crippen MR) is 152 cm³/mol. The van der Waals surface area contributed by atoms with Gasteiger partial charge in [0.2, 0.25) is 5.91 Å². The van der Waals surface area contributed by atoms with Crippen molar-refractivity contribution in [3.05, 3.63) is 102 Å². The van der Waals surface area contributed by atoms with E-state index in [2.05, 4.69) is 5.32 Å². The molecule has 0 spiro atoms. The summed E-state index contributed by atoms with van der Waals surface area (Å²) in [5.41, 5.74) is 1.55. The van der Waals surface area contributed by atoms with Crippen molar-refractivity contribution in [2.75, 3.05) is 30.4 Å². The summed E-state index contributed by atoms with van der Waals surface area (Å²) in [7, 11) is -1.09. The Morgan fingerprint density at radius 2 is 1.51 bits per heavy atom. The van der Waals surface area contributed by atoms with E-state index in [1.165, 1.54) is 32.4 Å². The molecular weight excluding hydrogens is 540 g/mol. The number of halogens is 1. The Bertz CT molecular complexity index is 1560. The quantitative estimate of drug-likeness (QED) is 0.242. The monoisotopic (exact) mass is 566 g/mol. The molecule has 1 N–H and O–H groups in total. The third kappa shape index (κ3) is 6.63. The summed E-state index contributed by atoms with van der Waals surface area (Å²) in [6.45, 7) is 1.39. The van der Waals surface area contributed by atoms with Gasteiger partial charge in [0, 0.05) is 5.02 Å². The fourth-order valence-corrected chi connectivity index (χ4v) is 5.32. The lowest BCUT2D eigenvalue weighted by atomic mass is 10.2. The molecule has 8 nitrogen and oxygen atoms in total. The number of hydrogen-bond acceptors (Lipinski definition) is 6. The van der Waals surface area contributed by atoms with Crippen molar-refractivity contribution in [1.29, 1.82) is 0 Å². The Balaban J connectivity index is 1.64. The maximum absolute atomic E-state index is 13.7. The van der Waals surface area contributed by atoms with Gasteiger partial charge in [0.15, 0.2) is 17.2 Å². The molecule has 10 heteroatoms. The molecule has 0 fully saturated rings. The fraction of sp³-hybridized carbons (Fsp3) is 0.138. The van der Waals surface area contributed by atoms with Crippen LogP contribution in [-0.4, -0.2) is 35.1 Å². The maximum atomic E-state index is 13.7. The van der Waals surface area contributed by atoms with E-state index in [1.54, 1.807) is 72.8 Å². The van der Waals surface area contributed by atoms with Crippen LogP contribution in [0.1, 0.15) is 5.56 Å². The standard InChI is InChI=1S/C29H27ClN2O6S/c1-20-8-11-22(12-9-20)32(39(34,35)24-15-13-23(36-2)14-16-24)19-29(33)31-25-18-21(30)10-17-26(25)38-28-7-5-4-6-27(28)37-3/h4-18H,19H2,1-3H3,(H,31,33). The summed E-state index contributed by atoms with van der Waals surface area (Å²) in [5.74, 6) is 1.15. The second-order valence-electron chi connectivity index (χ2n) is 8.46. The van der Waals surface area contributed by atoms with E-state index in [1.807, 2.05) is 6.92 Å². The van der Waals surface area contributed by atoms with Crippen LogP contribution in [0.4, 0.5) is 11.4 Å². The van der Waals surface area contributed by atoms with Gasteiger partial charge in [-0.25, -0.2) is 8.42 Å². The van der Waals surface area contributed by atoms with Gasteiger partial charge < -0.3 is 19.5 Å². The smallest absolute Gasteiger partial charge is 0.264 e. The van der Waals surface area contributed by atoms with Crippen molar-refractivity contribution in [3.8, 4) is 23.0 Å². The molecular formula is C29H27ClN2O6S. The van der Waals surface area contributed by atoms with Crippen LogP contribution in [0, 0.1) is 6.92 Å². The zero-order chi connectivity index (χ0) is 28.0. The minimum atomic E-state index is -4.11. The topological polar surface area (TPSA) is 94.2 Å². The highest BCUT2D eigenvalue weighted by Gasteiger charge is 2.28. The number of ether oxygens (including phenoxy) is 3.